The lowest BCUT2D eigenvalue weighted by atomic mass is 9.43. The van der Waals surface area contributed by atoms with Gasteiger partial charge in [0, 0.05) is 0 Å². The number of hydrogen-bond donors (Lipinski definition) is 2. The van der Waals surface area contributed by atoms with Gasteiger partial charge in [0.25, 0.3) is 20.2 Å². The fraction of sp³-hybridized carbons (Fsp3) is 0.667. The molecule has 6 saturated carbocycles. The maximum atomic E-state index is 13.2. The van der Waals surface area contributed by atoms with Crippen LogP contribution < -0.4 is 0 Å². The van der Waals surface area contributed by atoms with Crippen LogP contribution in [0, 0.1) is 34.5 Å². The van der Waals surface area contributed by atoms with E-state index in [9.17, 15) is 27.0 Å². The molecule has 4 bridgehead atoms. The van der Waals surface area contributed by atoms with Crippen molar-refractivity contribution in [1.82, 2.24) is 0 Å². The summed E-state index contributed by atoms with van der Waals surface area (Å²) < 4.78 is 64.1. The molecule has 0 heterocycles. The van der Waals surface area contributed by atoms with E-state index >= 15 is 0 Å². The number of rotatable bonds is 6. The van der Waals surface area contributed by atoms with Crippen LogP contribution in [0.4, 0.5) is 0 Å². The molecule has 8 unspecified atom stereocenters. The monoisotopic (exact) mass is 592 g/mol. The highest BCUT2D eigenvalue weighted by atomic mass is 32.2. The molecule has 220 valence electrons. The van der Waals surface area contributed by atoms with Crippen LogP contribution in [-0.2, 0) is 28.6 Å². The standard InChI is InChI=1S/C30H40O8S2/c1-27(2)19-13-23(27)29(5,31)25(15-19)37-39(33,34)21-9-7-18-12-22(10-8-17(18)11-21)40(35,36)38-26-16-20-14-24(28(20,3)4)30(26,6)32/h7-12,19-20,23-26,31-32H,13-16H2,1-6H3. The molecule has 6 fully saturated rings. The second-order valence-electron chi connectivity index (χ2n) is 14.3. The lowest BCUT2D eigenvalue weighted by Crippen LogP contribution is -2.67. The van der Waals surface area contributed by atoms with Crippen LogP contribution >= 0.6 is 0 Å². The molecule has 8 atom stereocenters. The number of aliphatic hydroxyl groups is 2. The predicted molar refractivity (Wildman–Crippen MR) is 149 cm³/mol. The molecule has 0 saturated heterocycles. The second kappa shape index (κ2) is 8.51. The van der Waals surface area contributed by atoms with Crippen LogP contribution in [-0.4, -0.2) is 50.5 Å². The van der Waals surface area contributed by atoms with Crippen molar-refractivity contribution in [3.8, 4) is 0 Å². The van der Waals surface area contributed by atoms with Gasteiger partial charge in [0.05, 0.1) is 21.0 Å². The Kier molecular flexibility index (Phi) is 6.07. The first-order valence-electron chi connectivity index (χ1n) is 14.1. The van der Waals surface area contributed by atoms with Crippen LogP contribution in [0.3, 0.4) is 0 Å². The van der Waals surface area contributed by atoms with E-state index in [1.54, 1.807) is 26.0 Å². The first kappa shape index (κ1) is 28.6. The summed E-state index contributed by atoms with van der Waals surface area (Å²) in [6.45, 7) is 11.7. The fourth-order valence-corrected chi connectivity index (χ4v) is 10.9. The minimum atomic E-state index is -4.17. The van der Waals surface area contributed by atoms with Gasteiger partial charge >= 0.3 is 0 Å². The highest BCUT2D eigenvalue weighted by Gasteiger charge is 2.65. The van der Waals surface area contributed by atoms with Gasteiger partial charge in [0.1, 0.15) is 12.2 Å². The van der Waals surface area contributed by atoms with Crippen LogP contribution in [0.5, 0.6) is 0 Å². The average molecular weight is 593 g/mol. The third-order valence-corrected chi connectivity index (χ3v) is 14.1. The van der Waals surface area contributed by atoms with Gasteiger partial charge in [-0.15, -0.1) is 0 Å². The van der Waals surface area contributed by atoms with E-state index in [2.05, 4.69) is 27.7 Å². The Hall–Kier alpha value is -1.56. The van der Waals surface area contributed by atoms with Crippen LogP contribution in [0.15, 0.2) is 46.2 Å². The van der Waals surface area contributed by atoms with Gasteiger partial charge < -0.3 is 10.2 Å². The molecular formula is C30H40O8S2. The Morgan fingerprint density at radius 1 is 0.625 bits per heavy atom. The zero-order valence-electron chi connectivity index (χ0n) is 23.9. The van der Waals surface area contributed by atoms with Crippen molar-refractivity contribution in [2.75, 3.05) is 0 Å². The zero-order valence-corrected chi connectivity index (χ0v) is 25.6. The largest absolute Gasteiger partial charge is 0.387 e. The summed E-state index contributed by atoms with van der Waals surface area (Å²) in [6.07, 6.45) is 1.01. The molecule has 2 N–H and O–H groups in total. The molecule has 0 spiro atoms. The highest BCUT2D eigenvalue weighted by Crippen LogP contribution is 2.64. The summed E-state index contributed by atoms with van der Waals surface area (Å²) in [5.41, 5.74) is -2.63. The van der Waals surface area contributed by atoms with Gasteiger partial charge in [-0.3, -0.25) is 8.37 Å². The first-order valence-corrected chi connectivity index (χ1v) is 16.9. The third kappa shape index (κ3) is 4.04. The number of benzene rings is 2. The molecule has 6 aliphatic rings. The molecule has 0 aliphatic heterocycles. The van der Waals surface area contributed by atoms with E-state index < -0.39 is 43.6 Å². The average Bonchev–Trinajstić information content (AvgIpc) is 2.84. The summed E-state index contributed by atoms with van der Waals surface area (Å²) in [4.78, 5) is -0.109. The fourth-order valence-electron chi connectivity index (χ4n) is 8.46. The van der Waals surface area contributed by atoms with Crippen molar-refractivity contribution in [2.24, 2.45) is 34.5 Å². The van der Waals surface area contributed by atoms with Crippen molar-refractivity contribution in [2.45, 2.75) is 100 Å². The Balaban J connectivity index is 1.21. The summed E-state index contributed by atoms with van der Waals surface area (Å²) in [6, 6.07) is 8.76. The van der Waals surface area contributed by atoms with Gasteiger partial charge in [-0.1, -0.05) is 39.8 Å². The quantitative estimate of drug-likeness (QED) is 0.465. The van der Waals surface area contributed by atoms with Crippen LogP contribution in [0.1, 0.15) is 67.2 Å². The molecule has 10 heteroatoms. The summed E-state index contributed by atoms with van der Waals surface area (Å²) in [5, 5.41) is 23.4. The zero-order chi connectivity index (χ0) is 29.3. The van der Waals surface area contributed by atoms with E-state index in [-0.39, 0.29) is 32.5 Å². The number of fused-ring (bicyclic) bond motifs is 5. The minimum Gasteiger partial charge on any atom is -0.387 e. The van der Waals surface area contributed by atoms with Crippen LogP contribution in [0.25, 0.3) is 10.8 Å². The van der Waals surface area contributed by atoms with Gasteiger partial charge in [-0.05, 0) is 109 Å². The van der Waals surface area contributed by atoms with Gasteiger partial charge in [-0.25, -0.2) is 0 Å². The molecule has 2 aromatic carbocycles. The summed E-state index contributed by atoms with van der Waals surface area (Å²) in [5.74, 6) is 0.527. The first-order chi connectivity index (χ1) is 18.3. The molecule has 0 radical (unpaired) electrons. The van der Waals surface area contributed by atoms with Crippen molar-refractivity contribution in [3.63, 3.8) is 0 Å². The Labute approximate surface area is 237 Å². The summed E-state index contributed by atoms with van der Waals surface area (Å²) >= 11 is 0. The van der Waals surface area contributed by atoms with Gasteiger partial charge in [0.15, 0.2) is 0 Å². The van der Waals surface area contributed by atoms with Crippen molar-refractivity contribution in [1.29, 1.82) is 0 Å². The van der Waals surface area contributed by atoms with E-state index in [0.717, 1.165) is 12.8 Å². The predicted octanol–water partition coefficient (Wildman–Crippen LogP) is 4.62. The molecule has 2 aromatic rings. The molecule has 6 aliphatic carbocycles. The maximum Gasteiger partial charge on any atom is 0.297 e. The topological polar surface area (TPSA) is 127 Å². The normalized spacial score (nSPS) is 39.8. The van der Waals surface area contributed by atoms with E-state index in [0.29, 0.717) is 35.4 Å². The number of hydrogen-bond acceptors (Lipinski definition) is 8. The smallest absolute Gasteiger partial charge is 0.297 e. The Morgan fingerprint density at radius 2 is 0.975 bits per heavy atom. The SMILES string of the molecule is CC1(C)C2CC(OS(=O)(=O)c3ccc4cc(S(=O)(=O)OC5CC6CC(C6(C)C)C5(C)O)ccc4c3)C(C)(O)C1C2. The molecule has 8 rings (SSSR count). The lowest BCUT2D eigenvalue weighted by molar-refractivity contribution is -0.237. The Bertz CT molecular complexity index is 1470. The third-order valence-electron chi connectivity index (χ3n) is 11.5. The molecule has 40 heavy (non-hydrogen) atoms. The van der Waals surface area contributed by atoms with Crippen molar-refractivity contribution >= 4 is 31.0 Å². The molecule has 0 aromatic heterocycles. The van der Waals surface area contributed by atoms with Crippen molar-refractivity contribution in [3.05, 3.63) is 36.4 Å². The molecule has 8 nitrogen and oxygen atoms in total. The second-order valence-corrected chi connectivity index (χ2v) is 17.4. The van der Waals surface area contributed by atoms with E-state index in [4.69, 9.17) is 8.37 Å². The summed E-state index contributed by atoms with van der Waals surface area (Å²) in [7, 11) is -8.35. The molecular weight excluding hydrogens is 552 g/mol. The highest BCUT2D eigenvalue weighted by molar-refractivity contribution is 7.87. The van der Waals surface area contributed by atoms with Gasteiger partial charge in [0.2, 0.25) is 0 Å². The lowest BCUT2D eigenvalue weighted by Gasteiger charge is -2.64. The maximum absolute atomic E-state index is 13.2. The van der Waals surface area contributed by atoms with Crippen molar-refractivity contribution < 1.29 is 35.4 Å². The molecule has 0 amide bonds. The Morgan fingerprint density at radius 3 is 1.27 bits per heavy atom. The van der Waals surface area contributed by atoms with Crippen LogP contribution in [0.2, 0.25) is 0 Å². The van der Waals surface area contributed by atoms with E-state index in [1.807, 2.05) is 0 Å². The minimum absolute atomic E-state index is 0.0345. The van der Waals surface area contributed by atoms with Gasteiger partial charge in [-0.2, -0.15) is 16.8 Å². The van der Waals surface area contributed by atoms with E-state index in [1.165, 1.54) is 24.3 Å².